The topological polar surface area (TPSA) is 58.2 Å². The van der Waals surface area contributed by atoms with E-state index in [1.54, 1.807) is 35.2 Å². The number of thiophene rings is 1. The Morgan fingerprint density at radius 2 is 2.04 bits per heavy atom. The molecule has 2 N–H and O–H groups in total. The number of amides is 2. The van der Waals surface area contributed by atoms with E-state index in [4.69, 9.17) is 0 Å². The Bertz CT molecular complexity index is 642. The van der Waals surface area contributed by atoms with Crippen molar-refractivity contribution < 1.29 is 9.59 Å². The Labute approximate surface area is 144 Å². The zero-order chi connectivity index (χ0) is 16.5. The van der Waals surface area contributed by atoms with Crippen LogP contribution in [0.3, 0.4) is 0 Å². The standard InChI is InChI=1S/C17H20N2O2S2/c1-13-4-2-5-14(10-13)17(21)19-11-16(20)18-7-9-22-12-15-6-3-8-23-15/h2-6,8,10H,7,9,11-12H2,1H3,(H,18,20)(H,19,21). The number of carbonyl (C=O) groups excluding carboxylic acids is 2. The molecule has 0 saturated carbocycles. The van der Waals surface area contributed by atoms with Crippen LogP contribution in [-0.4, -0.2) is 30.7 Å². The van der Waals surface area contributed by atoms with Crippen molar-refractivity contribution in [3.63, 3.8) is 0 Å². The van der Waals surface area contributed by atoms with Gasteiger partial charge < -0.3 is 10.6 Å². The third-order valence-corrected chi connectivity index (χ3v) is 5.15. The highest BCUT2D eigenvalue weighted by atomic mass is 32.2. The number of hydrogen-bond donors (Lipinski definition) is 2. The molecular weight excluding hydrogens is 328 g/mol. The minimum atomic E-state index is -0.226. The first-order chi connectivity index (χ1) is 11.1. The number of rotatable bonds is 8. The van der Waals surface area contributed by atoms with Crippen LogP contribution < -0.4 is 10.6 Å². The SMILES string of the molecule is Cc1cccc(C(=O)NCC(=O)NCCSCc2cccs2)c1. The van der Waals surface area contributed by atoms with E-state index in [0.29, 0.717) is 12.1 Å². The molecule has 2 amide bonds. The van der Waals surface area contributed by atoms with Crippen molar-refractivity contribution in [2.75, 3.05) is 18.8 Å². The predicted octanol–water partition coefficient (Wildman–Crippen LogP) is 2.84. The van der Waals surface area contributed by atoms with Crippen LogP contribution in [0.1, 0.15) is 20.8 Å². The minimum absolute atomic E-state index is 0.00235. The molecule has 0 fully saturated rings. The summed E-state index contributed by atoms with van der Waals surface area (Å²) >= 11 is 3.53. The van der Waals surface area contributed by atoms with Crippen LogP contribution >= 0.6 is 23.1 Å². The van der Waals surface area contributed by atoms with E-state index in [1.165, 1.54) is 4.88 Å². The van der Waals surface area contributed by atoms with Crippen LogP contribution in [-0.2, 0) is 10.5 Å². The van der Waals surface area contributed by atoms with Gasteiger partial charge in [-0.05, 0) is 30.5 Å². The second kappa shape index (κ2) is 9.37. The van der Waals surface area contributed by atoms with Gasteiger partial charge in [-0.25, -0.2) is 0 Å². The maximum atomic E-state index is 11.9. The molecule has 0 unspecified atom stereocenters. The lowest BCUT2D eigenvalue weighted by molar-refractivity contribution is -0.120. The number of benzene rings is 1. The van der Waals surface area contributed by atoms with E-state index < -0.39 is 0 Å². The van der Waals surface area contributed by atoms with Gasteiger partial charge in [0.2, 0.25) is 5.91 Å². The molecule has 1 heterocycles. The Hall–Kier alpha value is -1.79. The fourth-order valence-corrected chi connectivity index (χ4v) is 3.64. The summed E-state index contributed by atoms with van der Waals surface area (Å²) in [5.41, 5.74) is 1.59. The molecule has 122 valence electrons. The maximum Gasteiger partial charge on any atom is 0.251 e. The zero-order valence-corrected chi connectivity index (χ0v) is 14.6. The van der Waals surface area contributed by atoms with Crippen LogP contribution in [0, 0.1) is 6.92 Å². The summed E-state index contributed by atoms with van der Waals surface area (Å²) in [7, 11) is 0. The number of carbonyl (C=O) groups is 2. The first-order valence-corrected chi connectivity index (χ1v) is 9.40. The number of hydrogen-bond acceptors (Lipinski definition) is 4. The van der Waals surface area contributed by atoms with Crippen LogP contribution in [0.25, 0.3) is 0 Å². The Morgan fingerprint density at radius 3 is 2.78 bits per heavy atom. The third-order valence-electron chi connectivity index (χ3n) is 3.08. The molecule has 6 heteroatoms. The molecule has 0 aliphatic carbocycles. The van der Waals surface area contributed by atoms with Gasteiger partial charge in [-0.1, -0.05) is 23.8 Å². The normalized spacial score (nSPS) is 10.3. The van der Waals surface area contributed by atoms with Crippen LogP contribution in [0.15, 0.2) is 41.8 Å². The average Bonchev–Trinajstić information content (AvgIpc) is 3.05. The summed E-state index contributed by atoms with van der Waals surface area (Å²) in [6, 6.07) is 11.4. The molecule has 0 aliphatic rings. The Kier molecular flexibility index (Phi) is 7.16. The molecule has 23 heavy (non-hydrogen) atoms. The highest BCUT2D eigenvalue weighted by Gasteiger charge is 2.07. The predicted molar refractivity (Wildman–Crippen MR) is 97.0 cm³/mol. The van der Waals surface area contributed by atoms with Gasteiger partial charge in [-0.3, -0.25) is 9.59 Å². The van der Waals surface area contributed by atoms with Gasteiger partial charge in [0.25, 0.3) is 5.91 Å². The highest BCUT2D eigenvalue weighted by molar-refractivity contribution is 7.98. The minimum Gasteiger partial charge on any atom is -0.354 e. The molecule has 0 saturated heterocycles. The fraction of sp³-hybridized carbons (Fsp3) is 0.294. The van der Waals surface area contributed by atoms with Gasteiger partial charge >= 0.3 is 0 Å². The highest BCUT2D eigenvalue weighted by Crippen LogP contribution is 2.16. The van der Waals surface area contributed by atoms with Crippen molar-refractivity contribution in [2.24, 2.45) is 0 Å². The smallest absolute Gasteiger partial charge is 0.251 e. The molecule has 0 radical (unpaired) electrons. The van der Waals surface area contributed by atoms with Crippen LogP contribution in [0.2, 0.25) is 0 Å². The van der Waals surface area contributed by atoms with E-state index >= 15 is 0 Å². The first kappa shape index (κ1) is 17.6. The van der Waals surface area contributed by atoms with Gasteiger partial charge in [0, 0.05) is 28.5 Å². The molecular formula is C17H20N2O2S2. The number of aryl methyl sites for hydroxylation is 1. The largest absolute Gasteiger partial charge is 0.354 e. The second-order valence-electron chi connectivity index (χ2n) is 5.03. The molecule has 1 aromatic carbocycles. The van der Waals surface area contributed by atoms with Gasteiger partial charge in [0.1, 0.15) is 0 Å². The van der Waals surface area contributed by atoms with Gasteiger partial charge in [0.05, 0.1) is 6.54 Å². The van der Waals surface area contributed by atoms with Crippen molar-refractivity contribution in [3.05, 3.63) is 57.8 Å². The van der Waals surface area contributed by atoms with Gasteiger partial charge in [0.15, 0.2) is 0 Å². The fourth-order valence-electron chi connectivity index (χ4n) is 1.94. The summed E-state index contributed by atoms with van der Waals surface area (Å²) in [6.45, 7) is 2.54. The quantitative estimate of drug-likeness (QED) is 0.721. The summed E-state index contributed by atoms with van der Waals surface area (Å²) in [5, 5.41) is 7.51. The average molecular weight is 348 g/mol. The Morgan fingerprint density at radius 1 is 1.17 bits per heavy atom. The lowest BCUT2D eigenvalue weighted by Gasteiger charge is -2.07. The van der Waals surface area contributed by atoms with E-state index in [1.807, 2.05) is 25.1 Å². The number of nitrogens with one attached hydrogen (secondary N) is 2. The summed E-state index contributed by atoms with van der Waals surface area (Å²) in [5.74, 6) is 1.44. The molecule has 0 atom stereocenters. The summed E-state index contributed by atoms with van der Waals surface area (Å²) in [6.07, 6.45) is 0. The van der Waals surface area contributed by atoms with Crippen LogP contribution in [0.4, 0.5) is 0 Å². The van der Waals surface area contributed by atoms with Gasteiger partial charge in [-0.2, -0.15) is 11.8 Å². The van der Waals surface area contributed by atoms with Crippen molar-refractivity contribution in [1.29, 1.82) is 0 Å². The maximum absolute atomic E-state index is 11.9. The molecule has 1 aromatic heterocycles. The lowest BCUT2D eigenvalue weighted by Crippen LogP contribution is -2.37. The molecule has 0 aliphatic heterocycles. The van der Waals surface area contributed by atoms with E-state index in [9.17, 15) is 9.59 Å². The first-order valence-electron chi connectivity index (χ1n) is 7.37. The second-order valence-corrected chi connectivity index (χ2v) is 7.17. The zero-order valence-electron chi connectivity index (χ0n) is 13.0. The van der Waals surface area contributed by atoms with Crippen LogP contribution in [0.5, 0.6) is 0 Å². The lowest BCUT2D eigenvalue weighted by atomic mass is 10.1. The van der Waals surface area contributed by atoms with E-state index in [2.05, 4.69) is 22.1 Å². The summed E-state index contributed by atoms with van der Waals surface area (Å²) < 4.78 is 0. The van der Waals surface area contributed by atoms with Crippen molar-refractivity contribution in [1.82, 2.24) is 10.6 Å². The van der Waals surface area contributed by atoms with Crippen molar-refractivity contribution in [2.45, 2.75) is 12.7 Å². The molecule has 2 aromatic rings. The van der Waals surface area contributed by atoms with E-state index in [-0.39, 0.29) is 18.4 Å². The van der Waals surface area contributed by atoms with Crippen molar-refractivity contribution in [3.8, 4) is 0 Å². The van der Waals surface area contributed by atoms with Gasteiger partial charge in [-0.15, -0.1) is 11.3 Å². The molecule has 4 nitrogen and oxygen atoms in total. The van der Waals surface area contributed by atoms with E-state index in [0.717, 1.165) is 17.1 Å². The monoisotopic (exact) mass is 348 g/mol. The number of thioether (sulfide) groups is 1. The Balaban J connectivity index is 1.58. The van der Waals surface area contributed by atoms with Crippen molar-refractivity contribution >= 4 is 34.9 Å². The third kappa shape index (κ3) is 6.46. The molecule has 0 bridgehead atoms. The summed E-state index contributed by atoms with van der Waals surface area (Å²) in [4.78, 5) is 25.0. The molecule has 0 spiro atoms. The molecule has 2 rings (SSSR count).